The van der Waals surface area contributed by atoms with Gasteiger partial charge in [-0.25, -0.2) is 9.78 Å². The smallest absolute Gasteiger partial charge is 0.350 e. The number of piperazine rings is 1. The molecule has 2 aromatic heterocycles. The number of rotatable bonds is 6. The fourth-order valence-corrected chi connectivity index (χ4v) is 5.28. The number of benzene rings is 1. The summed E-state index contributed by atoms with van der Waals surface area (Å²) < 4.78 is 5.32. The third-order valence-corrected chi connectivity index (χ3v) is 7.16. The normalized spacial score (nSPS) is 14.6. The van der Waals surface area contributed by atoms with Crippen LogP contribution in [-0.4, -0.2) is 59.4 Å². The van der Waals surface area contributed by atoms with Crippen LogP contribution in [0.2, 0.25) is 0 Å². The van der Waals surface area contributed by atoms with Crippen LogP contribution in [0.4, 0.5) is 0 Å². The second kappa shape index (κ2) is 9.72. The van der Waals surface area contributed by atoms with Crippen molar-refractivity contribution in [2.75, 3.05) is 32.8 Å². The second-order valence-corrected chi connectivity index (χ2v) is 9.45. The van der Waals surface area contributed by atoms with Gasteiger partial charge in [-0.1, -0.05) is 29.8 Å². The number of ether oxygens (including phenoxy) is 1. The van der Waals surface area contributed by atoms with Gasteiger partial charge in [-0.05, 0) is 30.9 Å². The number of hydrogen-bond acceptors (Lipinski definition) is 7. The lowest BCUT2D eigenvalue weighted by Gasteiger charge is -2.34. The number of esters is 1. The Morgan fingerprint density at radius 1 is 1.13 bits per heavy atom. The minimum atomic E-state index is -0.483. The van der Waals surface area contributed by atoms with Crippen LogP contribution in [0, 0.1) is 13.8 Å². The molecular weight excluding hydrogens is 430 g/mol. The number of amides is 1. The Balaban J connectivity index is 1.25. The van der Waals surface area contributed by atoms with Crippen molar-refractivity contribution < 1.29 is 14.3 Å². The zero-order valence-electron chi connectivity index (χ0n) is 17.7. The topological polar surface area (TPSA) is 62.7 Å². The van der Waals surface area contributed by atoms with Crippen molar-refractivity contribution in [1.29, 1.82) is 0 Å². The number of hydrogen-bond donors (Lipinski definition) is 0. The fraction of sp³-hybridized carbons (Fsp3) is 0.348. The summed E-state index contributed by atoms with van der Waals surface area (Å²) in [5.41, 5.74) is 4.17. The molecule has 0 bridgehead atoms. The molecule has 4 rings (SSSR count). The Morgan fingerprint density at radius 3 is 2.65 bits per heavy atom. The SMILES string of the molecule is Cc1cccc(CN2CCN(C(=O)COC(=O)c3sc(-c4ccsc4)nc3C)CC2)c1. The highest BCUT2D eigenvalue weighted by Crippen LogP contribution is 2.29. The fourth-order valence-electron chi connectivity index (χ4n) is 3.60. The monoisotopic (exact) mass is 455 g/mol. The molecule has 162 valence electrons. The van der Waals surface area contributed by atoms with Crippen molar-refractivity contribution in [3.8, 4) is 10.6 Å². The number of thiophene rings is 1. The van der Waals surface area contributed by atoms with Crippen molar-refractivity contribution in [1.82, 2.24) is 14.8 Å². The molecule has 1 aromatic carbocycles. The third kappa shape index (κ3) is 5.39. The number of nitrogens with zero attached hydrogens (tertiary/aromatic N) is 3. The van der Waals surface area contributed by atoms with Crippen LogP contribution in [0.25, 0.3) is 10.6 Å². The Kier molecular flexibility index (Phi) is 6.80. The zero-order valence-corrected chi connectivity index (χ0v) is 19.3. The maximum absolute atomic E-state index is 12.5. The molecule has 1 fully saturated rings. The van der Waals surface area contributed by atoms with Crippen LogP contribution in [0.3, 0.4) is 0 Å². The summed E-state index contributed by atoms with van der Waals surface area (Å²) in [6.07, 6.45) is 0. The van der Waals surface area contributed by atoms with E-state index >= 15 is 0 Å². The quantitative estimate of drug-likeness (QED) is 0.526. The van der Waals surface area contributed by atoms with Crippen molar-refractivity contribution >= 4 is 34.6 Å². The Labute approximate surface area is 190 Å². The third-order valence-electron chi connectivity index (χ3n) is 5.29. The molecule has 8 heteroatoms. The lowest BCUT2D eigenvalue weighted by molar-refractivity contribution is -0.136. The Bertz CT molecular complexity index is 1050. The van der Waals surface area contributed by atoms with Crippen LogP contribution in [0.1, 0.15) is 26.5 Å². The molecule has 0 spiro atoms. The largest absolute Gasteiger partial charge is 0.451 e. The van der Waals surface area contributed by atoms with E-state index in [9.17, 15) is 9.59 Å². The molecule has 1 aliphatic heterocycles. The number of carbonyl (C=O) groups excluding carboxylic acids is 2. The number of aryl methyl sites for hydroxylation is 2. The molecule has 0 N–H and O–H groups in total. The molecule has 3 heterocycles. The highest BCUT2D eigenvalue weighted by molar-refractivity contribution is 7.17. The van der Waals surface area contributed by atoms with E-state index < -0.39 is 5.97 Å². The van der Waals surface area contributed by atoms with Gasteiger partial charge in [0, 0.05) is 43.7 Å². The van der Waals surface area contributed by atoms with Crippen molar-refractivity contribution in [2.24, 2.45) is 0 Å². The van der Waals surface area contributed by atoms with Crippen LogP contribution in [-0.2, 0) is 16.1 Å². The van der Waals surface area contributed by atoms with Gasteiger partial charge < -0.3 is 9.64 Å². The summed E-state index contributed by atoms with van der Waals surface area (Å²) in [5, 5.41) is 4.76. The average molecular weight is 456 g/mol. The van der Waals surface area contributed by atoms with Crippen molar-refractivity contribution in [2.45, 2.75) is 20.4 Å². The molecular formula is C23H25N3O3S2. The standard InChI is InChI=1S/C23H25N3O3S2/c1-16-4-3-5-18(12-16)13-25-7-9-26(10-8-25)20(27)14-29-23(28)21-17(2)24-22(31-21)19-6-11-30-15-19/h3-6,11-12,15H,7-10,13-14H2,1-2H3. The van der Waals surface area contributed by atoms with Crippen molar-refractivity contribution in [3.05, 3.63) is 62.8 Å². The molecule has 0 aliphatic carbocycles. The van der Waals surface area contributed by atoms with E-state index in [1.165, 1.54) is 22.5 Å². The van der Waals surface area contributed by atoms with Crippen LogP contribution >= 0.6 is 22.7 Å². The molecule has 0 atom stereocenters. The number of thiazole rings is 1. The maximum atomic E-state index is 12.5. The lowest BCUT2D eigenvalue weighted by atomic mass is 10.1. The average Bonchev–Trinajstić information content (AvgIpc) is 3.42. The van der Waals surface area contributed by atoms with E-state index in [0.717, 1.165) is 30.2 Å². The summed E-state index contributed by atoms with van der Waals surface area (Å²) in [6, 6.07) is 10.5. The first kappa shape index (κ1) is 21.7. The van der Waals surface area contributed by atoms with E-state index in [1.54, 1.807) is 23.2 Å². The van der Waals surface area contributed by atoms with E-state index in [0.29, 0.717) is 23.7 Å². The van der Waals surface area contributed by atoms with E-state index in [4.69, 9.17) is 4.74 Å². The summed E-state index contributed by atoms with van der Waals surface area (Å²) >= 11 is 2.89. The van der Waals surface area contributed by atoms with Gasteiger partial charge in [0.25, 0.3) is 5.91 Å². The number of carbonyl (C=O) groups is 2. The number of aromatic nitrogens is 1. The molecule has 1 amide bonds. The molecule has 3 aromatic rings. The first-order chi connectivity index (χ1) is 15.0. The summed E-state index contributed by atoms with van der Waals surface area (Å²) in [6.45, 7) is 7.44. The second-order valence-electron chi connectivity index (χ2n) is 7.67. The van der Waals surface area contributed by atoms with Gasteiger partial charge in [0.15, 0.2) is 6.61 Å². The predicted octanol–water partition coefficient (Wildman–Crippen LogP) is 3.99. The molecule has 1 aliphatic rings. The zero-order chi connectivity index (χ0) is 21.8. The minimum absolute atomic E-state index is 0.149. The van der Waals surface area contributed by atoms with Gasteiger partial charge in [0.05, 0.1) is 5.69 Å². The van der Waals surface area contributed by atoms with Gasteiger partial charge in [-0.2, -0.15) is 11.3 Å². The Morgan fingerprint density at radius 2 is 1.94 bits per heavy atom. The lowest BCUT2D eigenvalue weighted by Crippen LogP contribution is -2.49. The maximum Gasteiger partial charge on any atom is 0.350 e. The van der Waals surface area contributed by atoms with Crippen LogP contribution in [0.15, 0.2) is 41.1 Å². The van der Waals surface area contributed by atoms with Gasteiger partial charge in [0.2, 0.25) is 0 Å². The summed E-state index contributed by atoms with van der Waals surface area (Å²) in [4.78, 5) is 34.1. The molecule has 6 nitrogen and oxygen atoms in total. The summed E-state index contributed by atoms with van der Waals surface area (Å²) in [7, 11) is 0. The minimum Gasteiger partial charge on any atom is -0.451 e. The van der Waals surface area contributed by atoms with Gasteiger partial charge >= 0.3 is 5.97 Å². The van der Waals surface area contributed by atoms with Gasteiger partial charge in [-0.3, -0.25) is 9.69 Å². The Hall–Kier alpha value is -2.55. The van der Waals surface area contributed by atoms with Crippen LogP contribution < -0.4 is 0 Å². The first-order valence-electron chi connectivity index (χ1n) is 10.2. The van der Waals surface area contributed by atoms with Crippen molar-refractivity contribution in [3.63, 3.8) is 0 Å². The molecule has 1 saturated heterocycles. The molecule has 0 radical (unpaired) electrons. The predicted molar refractivity (Wildman–Crippen MR) is 123 cm³/mol. The molecule has 31 heavy (non-hydrogen) atoms. The van der Waals surface area contributed by atoms with Crippen LogP contribution in [0.5, 0.6) is 0 Å². The highest BCUT2D eigenvalue weighted by Gasteiger charge is 2.24. The molecule has 0 saturated carbocycles. The first-order valence-corrected chi connectivity index (χ1v) is 12.0. The summed E-state index contributed by atoms with van der Waals surface area (Å²) in [5.74, 6) is -0.633. The van der Waals surface area contributed by atoms with Gasteiger partial charge in [0.1, 0.15) is 9.88 Å². The molecule has 0 unspecified atom stereocenters. The highest BCUT2D eigenvalue weighted by atomic mass is 32.1. The van der Waals surface area contributed by atoms with E-state index in [-0.39, 0.29) is 12.5 Å². The van der Waals surface area contributed by atoms with E-state index in [2.05, 4.69) is 41.1 Å². The van der Waals surface area contributed by atoms with E-state index in [1.807, 2.05) is 16.8 Å². The van der Waals surface area contributed by atoms with Gasteiger partial charge in [-0.15, -0.1) is 11.3 Å².